The summed E-state index contributed by atoms with van der Waals surface area (Å²) >= 11 is 6.11. The normalized spacial score (nSPS) is 11.6. The first kappa shape index (κ1) is 42.6. The van der Waals surface area contributed by atoms with E-state index in [1.165, 1.54) is 61.0 Å². The third-order valence-electron chi connectivity index (χ3n) is 9.35. The van der Waals surface area contributed by atoms with Crippen molar-refractivity contribution in [3.05, 3.63) is 169 Å². The number of hydrogen-bond acceptors (Lipinski definition) is 7. The van der Waals surface area contributed by atoms with Gasteiger partial charge in [0.25, 0.3) is 11.1 Å². The average molecular weight is 913 g/mol. The first-order valence-corrected chi connectivity index (χ1v) is 19.6. The molecule has 7 aromatic rings. The highest BCUT2D eigenvalue weighted by Gasteiger charge is 2.32. The van der Waals surface area contributed by atoms with Gasteiger partial charge in [0.05, 0.1) is 49.0 Å². The maximum absolute atomic E-state index is 13.3. The van der Waals surface area contributed by atoms with E-state index in [9.17, 15) is 45.5 Å². The molecular formula is C41H28BrF6N5O4S2. The van der Waals surface area contributed by atoms with E-state index in [1.807, 2.05) is 0 Å². The Hall–Kier alpha value is -6.03. The van der Waals surface area contributed by atoms with Gasteiger partial charge in [-0.25, -0.2) is 9.59 Å². The summed E-state index contributed by atoms with van der Waals surface area (Å²) in [6.45, 7) is 3.08. The quantitative estimate of drug-likeness (QED) is 0.160. The second kappa shape index (κ2) is 16.3. The van der Waals surface area contributed by atoms with Crippen LogP contribution < -0.4 is 22.5 Å². The van der Waals surface area contributed by atoms with Gasteiger partial charge in [0.1, 0.15) is 0 Å². The molecule has 0 unspecified atom stereocenters. The van der Waals surface area contributed by atoms with E-state index >= 15 is 0 Å². The zero-order valence-electron chi connectivity index (χ0n) is 31.1. The number of nitriles is 1. The Labute approximate surface area is 346 Å². The summed E-state index contributed by atoms with van der Waals surface area (Å²) in [5, 5.41) is 12.6. The average Bonchev–Trinajstić information content (AvgIpc) is 3.85. The highest BCUT2D eigenvalue weighted by atomic mass is 79.9. The predicted octanol–water partition coefficient (Wildman–Crippen LogP) is 9.49. The van der Waals surface area contributed by atoms with E-state index in [4.69, 9.17) is 5.26 Å². The van der Waals surface area contributed by atoms with Crippen molar-refractivity contribution in [1.29, 1.82) is 5.26 Å². The van der Waals surface area contributed by atoms with Crippen molar-refractivity contribution in [3.63, 3.8) is 0 Å². The first-order valence-electron chi connectivity index (χ1n) is 17.1. The topological polar surface area (TPSA) is 112 Å². The van der Waals surface area contributed by atoms with Gasteiger partial charge in [-0.3, -0.25) is 27.9 Å². The summed E-state index contributed by atoms with van der Waals surface area (Å²) < 4.78 is 83.6. The van der Waals surface area contributed by atoms with Gasteiger partial charge in [-0.1, -0.05) is 24.3 Å². The van der Waals surface area contributed by atoms with Crippen LogP contribution in [0.1, 0.15) is 28.1 Å². The third-order valence-corrected chi connectivity index (χ3v) is 12.0. The number of thiophene rings is 2. The summed E-state index contributed by atoms with van der Waals surface area (Å²) in [5.74, 6) is 0. The molecule has 59 heavy (non-hydrogen) atoms. The summed E-state index contributed by atoms with van der Waals surface area (Å²) in [6.07, 6.45) is -9.11. The molecule has 4 heterocycles. The van der Waals surface area contributed by atoms with Crippen LogP contribution in [0, 0.1) is 25.2 Å². The zero-order chi connectivity index (χ0) is 43.1. The predicted molar refractivity (Wildman–Crippen MR) is 219 cm³/mol. The molecule has 0 N–H and O–H groups in total. The van der Waals surface area contributed by atoms with Crippen molar-refractivity contribution in [2.75, 3.05) is 0 Å². The SMILES string of the molecule is Cc1c(-c2ccsc2-c2ccc(C#N)cc2)c(=O)n(C)c(=O)n1-c1cccc(C(F)(F)F)c1.Cc1c(-c2ccsc2Br)c(=O)n(C)c(=O)n1-c1cccc(C(F)(F)F)c1. The van der Waals surface area contributed by atoms with E-state index in [1.54, 1.807) is 61.0 Å². The summed E-state index contributed by atoms with van der Waals surface area (Å²) in [4.78, 5) is 52.1. The minimum atomic E-state index is -4.58. The Bertz CT molecular complexity index is 3040. The molecule has 0 bridgehead atoms. The van der Waals surface area contributed by atoms with Crippen LogP contribution >= 0.6 is 38.6 Å². The molecule has 3 aromatic carbocycles. The molecule has 0 spiro atoms. The number of nitrogens with zero attached hydrogens (tertiary/aromatic N) is 5. The number of halogens is 7. The van der Waals surface area contributed by atoms with Gasteiger partial charge < -0.3 is 0 Å². The van der Waals surface area contributed by atoms with Crippen LogP contribution in [0.4, 0.5) is 26.3 Å². The lowest BCUT2D eigenvalue weighted by Gasteiger charge is -2.17. The standard InChI is InChI=1S/C24H16F3N3O2S.C17H12BrF3N2O2S/c1-14-20(19-10-11-33-21(19)16-8-6-15(13-28)7-9-16)22(31)29(2)23(32)30(14)18-5-3-4-17(12-18)24(25,26)27;1-9-13(12-6-7-26-14(12)18)15(24)22(2)16(25)23(9)11-5-3-4-10(8-11)17(19,20)21/h3-12H,1-2H3;3-8H,1-2H3. The molecule has 18 heteroatoms. The summed E-state index contributed by atoms with van der Waals surface area (Å²) in [5.41, 5.74) is -0.799. The maximum atomic E-state index is 13.3. The minimum Gasteiger partial charge on any atom is -0.268 e. The van der Waals surface area contributed by atoms with Gasteiger partial charge in [-0.15, -0.1) is 22.7 Å². The van der Waals surface area contributed by atoms with Gasteiger partial charge in [0.15, 0.2) is 0 Å². The van der Waals surface area contributed by atoms with E-state index < -0.39 is 46.0 Å². The van der Waals surface area contributed by atoms with Crippen LogP contribution in [-0.2, 0) is 26.4 Å². The lowest BCUT2D eigenvalue weighted by Crippen LogP contribution is -2.39. The molecule has 0 aliphatic carbocycles. The molecule has 4 aromatic heterocycles. The fourth-order valence-electron chi connectivity index (χ4n) is 6.40. The molecule has 7 rings (SSSR count). The molecule has 302 valence electrons. The van der Waals surface area contributed by atoms with Gasteiger partial charge >= 0.3 is 23.7 Å². The van der Waals surface area contributed by atoms with E-state index in [0.717, 1.165) is 53.0 Å². The van der Waals surface area contributed by atoms with Crippen LogP contribution in [0.15, 0.2) is 119 Å². The molecule has 0 saturated carbocycles. The van der Waals surface area contributed by atoms with Gasteiger partial charge in [0, 0.05) is 41.5 Å². The Morgan fingerprint density at radius 3 is 1.49 bits per heavy atom. The first-order chi connectivity index (χ1) is 27.8. The van der Waals surface area contributed by atoms with Crippen LogP contribution in [-0.4, -0.2) is 18.3 Å². The molecule has 0 atom stereocenters. The second-order valence-corrected chi connectivity index (χ2v) is 16.1. The molecular weight excluding hydrogens is 885 g/mol. The Morgan fingerprint density at radius 1 is 0.627 bits per heavy atom. The van der Waals surface area contributed by atoms with Crippen LogP contribution in [0.2, 0.25) is 0 Å². The molecule has 9 nitrogen and oxygen atoms in total. The number of benzene rings is 3. The van der Waals surface area contributed by atoms with Crippen molar-refractivity contribution in [2.24, 2.45) is 14.1 Å². The molecule has 0 aliphatic heterocycles. The molecule has 0 aliphatic rings. The highest BCUT2D eigenvalue weighted by molar-refractivity contribution is 9.11. The van der Waals surface area contributed by atoms with Crippen LogP contribution in [0.5, 0.6) is 0 Å². The lowest BCUT2D eigenvalue weighted by molar-refractivity contribution is -0.138. The fourth-order valence-corrected chi connectivity index (χ4v) is 8.58. The van der Waals surface area contributed by atoms with Crippen molar-refractivity contribution in [2.45, 2.75) is 26.2 Å². The van der Waals surface area contributed by atoms with E-state index in [-0.39, 0.29) is 33.9 Å². The van der Waals surface area contributed by atoms with Crippen LogP contribution in [0.3, 0.4) is 0 Å². The van der Waals surface area contributed by atoms with Crippen molar-refractivity contribution in [3.8, 4) is 50.1 Å². The number of aromatic nitrogens is 4. The van der Waals surface area contributed by atoms with Gasteiger partial charge in [-0.05, 0) is 107 Å². The van der Waals surface area contributed by atoms with E-state index in [2.05, 4.69) is 22.0 Å². The Morgan fingerprint density at radius 2 is 1.07 bits per heavy atom. The minimum absolute atomic E-state index is 0.0133. The lowest BCUT2D eigenvalue weighted by atomic mass is 10.0. The zero-order valence-corrected chi connectivity index (χ0v) is 34.3. The highest BCUT2D eigenvalue weighted by Crippen LogP contribution is 2.38. The van der Waals surface area contributed by atoms with Crippen molar-refractivity contribution >= 4 is 38.6 Å². The number of hydrogen-bond donors (Lipinski definition) is 0. The summed E-state index contributed by atoms with van der Waals surface area (Å²) in [6, 6.07) is 21.2. The molecule has 0 saturated heterocycles. The molecule has 0 radical (unpaired) electrons. The smallest absolute Gasteiger partial charge is 0.268 e. The number of rotatable bonds is 5. The molecule has 0 fully saturated rings. The Balaban J connectivity index is 0.000000204. The van der Waals surface area contributed by atoms with Gasteiger partial charge in [-0.2, -0.15) is 31.6 Å². The monoisotopic (exact) mass is 911 g/mol. The third kappa shape index (κ3) is 8.18. The Kier molecular flexibility index (Phi) is 11.8. The van der Waals surface area contributed by atoms with Crippen molar-refractivity contribution < 1.29 is 26.3 Å². The van der Waals surface area contributed by atoms with E-state index in [0.29, 0.717) is 20.5 Å². The summed E-state index contributed by atoms with van der Waals surface area (Å²) in [7, 11) is 2.60. The number of alkyl halides is 6. The van der Waals surface area contributed by atoms with Crippen LogP contribution in [0.25, 0.3) is 44.1 Å². The second-order valence-electron chi connectivity index (χ2n) is 12.9. The van der Waals surface area contributed by atoms with Gasteiger partial charge in [0.2, 0.25) is 0 Å². The van der Waals surface area contributed by atoms with Crippen molar-refractivity contribution in [1.82, 2.24) is 18.3 Å². The fraction of sp³-hybridized carbons (Fsp3) is 0.146. The maximum Gasteiger partial charge on any atom is 0.416 e. The largest absolute Gasteiger partial charge is 0.416 e. The molecule has 0 amide bonds.